The summed E-state index contributed by atoms with van der Waals surface area (Å²) in [6, 6.07) is 11.2. The van der Waals surface area contributed by atoms with E-state index >= 15 is 0 Å². The number of para-hydroxylation sites is 1. The molecule has 1 saturated heterocycles. The Balaban J connectivity index is 1.96. The fourth-order valence-electron chi connectivity index (χ4n) is 3.50. The predicted molar refractivity (Wildman–Crippen MR) is 113 cm³/mol. The van der Waals surface area contributed by atoms with Crippen molar-refractivity contribution in [2.24, 2.45) is 0 Å². The third kappa shape index (κ3) is 4.86. The maximum Gasteiger partial charge on any atom is 0.347 e. The number of carbonyl (C=O) groups is 1. The number of esters is 1. The van der Waals surface area contributed by atoms with Crippen molar-refractivity contribution in [1.29, 1.82) is 0 Å². The summed E-state index contributed by atoms with van der Waals surface area (Å²) < 4.78 is 11.6. The Hall–Kier alpha value is -2.04. The van der Waals surface area contributed by atoms with E-state index in [0.717, 1.165) is 37.8 Å². The molecule has 1 fully saturated rings. The number of hydrogen-bond acceptors (Lipinski definition) is 4. The molecule has 1 aliphatic rings. The van der Waals surface area contributed by atoms with Crippen LogP contribution in [0.5, 0.6) is 11.5 Å². The number of nitrogens with one attached hydrogen (secondary N) is 1. The molecule has 5 heteroatoms. The number of carbonyl (C=O) groups excluding carboxylic acids is 1. The van der Waals surface area contributed by atoms with Crippen molar-refractivity contribution in [2.45, 2.75) is 52.0 Å². The van der Waals surface area contributed by atoms with E-state index in [2.05, 4.69) is 12.2 Å². The van der Waals surface area contributed by atoms with E-state index in [4.69, 9.17) is 21.1 Å². The topological polar surface area (TPSA) is 47.6 Å². The Labute approximate surface area is 172 Å². The third-order valence-corrected chi connectivity index (χ3v) is 5.59. The lowest BCUT2D eigenvalue weighted by atomic mass is 9.93. The van der Waals surface area contributed by atoms with Crippen molar-refractivity contribution in [3.63, 3.8) is 0 Å². The Bertz CT molecular complexity index is 801. The molecule has 1 unspecified atom stereocenters. The maximum atomic E-state index is 13.0. The minimum absolute atomic E-state index is 0.188. The molecule has 2 aromatic carbocycles. The molecule has 0 aliphatic carbocycles. The minimum Gasteiger partial charge on any atom is -0.493 e. The summed E-state index contributed by atoms with van der Waals surface area (Å²) in [4.78, 5) is 13.0. The number of ether oxygens (including phenoxy) is 2. The zero-order valence-electron chi connectivity index (χ0n) is 16.6. The highest BCUT2D eigenvalue weighted by Gasteiger charge is 2.26. The predicted octanol–water partition coefficient (Wildman–Crippen LogP) is 5.86. The van der Waals surface area contributed by atoms with Gasteiger partial charge in [0, 0.05) is 11.1 Å². The third-order valence-electron chi connectivity index (χ3n) is 5.09. The smallest absolute Gasteiger partial charge is 0.347 e. The van der Waals surface area contributed by atoms with Crippen molar-refractivity contribution in [3.8, 4) is 11.5 Å². The highest BCUT2D eigenvalue weighted by molar-refractivity contribution is 6.32. The first-order chi connectivity index (χ1) is 13.6. The van der Waals surface area contributed by atoms with Gasteiger partial charge < -0.3 is 14.8 Å². The molecule has 0 saturated carbocycles. The first-order valence-corrected chi connectivity index (χ1v) is 10.5. The second-order valence-electron chi connectivity index (χ2n) is 7.18. The van der Waals surface area contributed by atoms with Gasteiger partial charge in [-0.15, -0.1) is 0 Å². The van der Waals surface area contributed by atoms with Crippen molar-refractivity contribution in [1.82, 2.24) is 5.32 Å². The van der Waals surface area contributed by atoms with Gasteiger partial charge in [-0.25, -0.2) is 4.79 Å². The lowest BCUT2D eigenvalue weighted by molar-refractivity contribution is 0.0729. The van der Waals surface area contributed by atoms with E-state index in [0.29, 0.717) is 34.3 Å². The quantitative estimate of drug-likeness (QED) is 0.358. The van der Waals surface area contributed by atoms with Crippen LogP contribution in [0.2, 0.25) is 5.02 Å². The van der Waals surface area contributed by atoms with Gasteiger partial charge in [0.25, 0.3) is 0 Å². The van der Waals surface area contributed by atoms with Gasteiger partial charge in [-0.2, -0.15) is 0 Å². The van der Waals surface area contributed by atoms with Crippen LogP contribution in [-0.2, 0) is 0 Å². The number of hydrogen-bond donors (Lipinski definition) is 1. The second-order valence-corrected chi connectivity index (χ2v) is 7.56. The fraction of sp³-hybridized carbons (Fsp3) is 0.435. The van der Waals surface area contributed by atoms with E-state index in [1.807, 2.05) is 31.2 Å². The first kappa shape index (κ1) is 20.7. The number of benzene rings is 2. The van der Waals surface area contributed by atoms with Gasteiger partial charge in [0.2, 0.25) is 0 Å². The Morgan fingerprint density at radius 2 is 2.04 bits per heavy atom. The average molecular weight is 402 g/mol. The number of piperidine rings is 1. The SMILES string of the molecule is CCCCOc1cc(C2CCCCN2)c(Cl)c(C)c1C(=O)Oc1ccccc1. The molecule has 1 aliphatic heterocycles. The molecule has 3 rings (SSSR count). The number of unbranched alkanes of at least 4 members (excludes halogenated alkanes) is 1. The molecule has 4 nitrogen and oxygen atoms in total. The monoisotopic (exact) mass is 401 g/mol. The van der Waals surface area contributed by atoms with Crippen LogP contribution in [-0.4, -0.2) is 19.1 Å². The summed E-state index contributed by atoms with van der Waals surface area (Å²) in [6.07, 6.45) is 5.31. The van der Waals surface area contributed by atoms with Gasteiger partial charge in [-0.05, 0) is 62.1 Å². The zero-order chi connectivity index (χ0) is 19.9. The van der Waals surface area contributed by atoms with E-state index in [1.54, 1.807) is 12.1 Å². The summed E-state index contributed by atoms with van der Waals surface area (Å²) in [5.74, 6) is 0.611. The van der Waals surface area contributed by atoms with Crippen molar-refractivity contribution in [3.05, 3.63) is 58.1 Å². The van der Waals surface area contributed by atoms with Crippen LogP contribution in [0.25, 0.3) is 0 Å². The summed E-state index contributed by atoms with van der Waals surface area (Å²) in [6.45, 7) is 5.51. The van der Waals surface area contributed by atoms with Crippen LogP contribution in [0.1, 0.15) is 66.6 Å². The largest absolute Gasteiger partial charge is 0.493 e. The molecule has 1 atom stereocenters. The molecule has 0 spiro atoms. The van der Waals surface area contributed by atoms with Gasteiger partial charge in [0.1, 0.15) is 17.1 Å². The van der Waals surface area contributed by atoms with Gasteiger partial charge >= 0.3 is 5.97 Å². The van der Waals surface area contributed by atoms with Crippen LogP contribution in [0.4, 0.5) is 0 Å². The summed E-state index contributed by atoms with van der Waals surface area (Å²) in [5.41, 5.74) is 2.12. The first-order valence-electron chi connectivity index (χ1n) is 10.1. The lowest BCUT2D eigenvalue weighted by Gasteiger charge is -2.27. The summed E-state index contributed by atoms with van der Waals surface area (Å²) in [5, 5.41) is 4.14. The van der Waals surface area contributed by atoms with E-state index in [1.165, 1.54) is 6.42 Å². The Kier molecular flexibility index (Phi) is 7.35. The molecule has 1 heterocycles. The average Bonchev–Trinajstić information content (AvgIpc) is 2.72. The molecular formula is C23H28ClNO3. The molecule has 0 bridgehead atoms. The Morgan fingerprint density at radius 1 is 1.25 bits per heavy atom. The lowest BCUT2D eigenvalue weighted by Crippen LogP contribution is -2.27. The van der Waals surface area contributed by atoms with Gasteiger partial charge in [-0.1, -0.05) is 49.6 Å². The standard InChI is InChI=1S/C23H28ClNO3/c1-3-4-14-27-20-15-18(19-12-8-9-13-25-19)22(24)16(2)21(20)23(26)28-17-10-6-5-7-11-17/h5-7,10-11,15,19,25H,3-4,8-9,12-14H2,1-2H3. The molecule has 28 heavy (non-hydrogen) atoms. The van der Waals surface area contributed by atoms with Crippen LogP contribution < -0.4 is 14.8 Å². The van der Waals surface area contributed by atoms with E-state index < -0.39 is 5.97 Å². The molecule has 150 valence electrons. The second kappa shape index (κ2) is 9.94. The van der Waals surface area contributed by atoms with Crippen LogP contribution in [0.3, 0.4) is 0 Å². The summed E-state index contributed by atoms with van der Waals surface area (Å²) in [7, 11) is 0. The van der Waals surface area contributed by atoms with Crippen LogP contribution in [0.15, 0.2) is 36.4 Å². The van der Waals surface area contributed by atoms with Crippen molar-refractivity contribution < 1.29 is 14.3 Å². The van der Waals surface area contributed by atoms with Crippen LogP contribution >= 0.6 is 11.6 Å². The molecule has 2 aromatic rings. The molecule has 0 radical (unpaired) electrons. The van der Waals surface area contributed by atoms with Crippen molar-refractivity contribution in [2.75, 3.05) is 13.2 Å². The van der Waals surface area contributed by atoms with Crippen molar-refractivity contribution >= 4 is 17.6 Å². The Morgan fingerprint density at radius 3 is 2.71 bits per heavy atom. The molecule has 0 amide bonds. The van der Waals surface area contributed by atoms with Gasteiger partial charge in [0.05, 0.1) is 6.61 Å². The normalized spacial score (nSPS) is 16.6. The van der Waals surface area contributed by atoms with E-state index in [-0.39, 0.29) is 6.04 Å². The highest BCUT2D eigenvalue weighted by atomic mass is 35.5. The number of rotatable bonds is 7. The molecule has 1 N–H and O–H groups in total. The highest BCUT2D eigenvalue weighted by Crippen LogP contribution is 2.38. The van der Waals surface area contributed by atoms with E-state index in [9.17, 15) is 4.79 Å². The zero-order valence-corrected chi connectivity index (χ0v) is 17.3. The molecule has 0 aromatic heterocycles. The van der Waals surface area contributed by atoms with Crippen LogP contribution in [0, 0.1) is 6.92 Å². The van der Waals surface area contributed by atoms with Gasteiger partial charge in [-0.3, -0.25) is 0 Å². The van der Waals surface area contributed by atoms with Gasteiger partial charge in [0.15, 0.2) is 0 Å². The number of halogens is 1. The molecular weight excluding hydrogens is 374 g/mol. The fourth-order valence-corrected chi connectivity index (χ4v) is 3.78. The minimum atomic E-state index is -0.444. The maximum absolute atomic E-state index is 13.0. The summed E-state index contributed by atoms with van der Waals surface area (Å²) >= 11 is 6.71.